The average molecular weight is 242 g/mol. The van der Waals surface area contributed by atoms with Gasteiger partial charge in [-0.1, -0.05) is 18.2 Å². The van der Waals surface area contributed by atoms with Gasteiger partial charge in [0.2, 0.25) is 0 Å². The molecule has 0 radical (unpaired) electrons. The Kier molecular flexibility index (Phi) is 2.11. The molecule has 2 aromatic rings. The van der Waals surface area contributed by atoms with Crippen LogP contribution in [0.2, 0.25) is 0 Å². The van der Waals surface area contributed by atoms with Gasteiger partial charge in [0.1, 0.15) is 11.3 Å². The number of fused-ring (bicyclic) bond motifs is 1. The number of nitrogens with zero attached hydrogens (tertiary/aromatic N) is 2. The van der Waals surface area contributed by atoms with Crippen LogP contribution >= 0.6 is 0 Å². The summed E-state index contributed by atoms with van der Waals surface area (Å²) >= 11 is 0. The molecule has 2 saturated heterocycles. The maximum absolute atomic E-state index is 5.86. The summed E-state index contributed by atoms with van der Waals surface area (Å²) in [4.78, 5) is 4.89. The fourth-order valence-corrected chi connectivity index (χ4v) is 3.65. The fourth-order valence-electron chi connectivity index (χ4n) is 3.65. The highest BCUT2D eigenvalue weighted by Crippen LogP contribution is 2.39. The van der Waals surface area contributed by atoms with Crippen LogP contribution in [0.4, 0.5) is 0 Å². The first-order valence-corrected chi connectivity index (χ1v) is 6.61. The molecular weight excluding hydrogens is 224 g/mol. The van der Waals surface area contributed by atoms with E-state index >= 15 is 0 Å². The monoisotopic (exact) mass is 242 g/mol. The minimum Gasteiger partial charge on any atom is -0.460 e. The van der Waals surface area contributed by atoms with Crippen LogP contribution in [-0.2, 0) is 6.54 Å². The highest BCUT2D eigenvalue weighted by Gasteiger charge is 2.50. The van der Waals surface area contributed by atoms with Crippen molar-refractivity contribution >= 4 is 11.0 Å². The molecule has 0 N–H and O–H groups in total. The van der Waals surface area contributed by atoms with E-state index in [1.54, 1.807) is 0 Å². The molecule has 0 bridgehead atoms. The molecule has 0 aliphatic carbocycles. The van der Waals surface area contributed by atoms with Crippen molar-refractivity contribution < 1.29 is 4.42 Å². The lowest BCUT2D eigenvalue weighted by Crippen LogP contribution is -2.70. The molecule has 0 unspecified atom stereocenters. The Bertz CT molecular complexity index is 542. The van der Waals surface area contributed by atoms with Crippen LogP contribution in [0, 0.1) is 5.41 Å². The van der Waals surface area contributed by atoms with Crippen molar-refractivity contribution in [3.05, 3.63) is 36.1 Å². The summed E-state index contributed by atoms with van der Waals surface area (Å²) in [5.74, 6) is 1.10. The number of hydrogen-bond donors (Lipinski definition) is 0. The number of likely N-dealkylation sites (tertiary alicyclic amines) is 2. The molecule has 1 spiro atoms. The molecule has 3 nitrogen and oxygen atoms in total. The second-order valence-electron chi connectivity index (χ2n) is 6.07. The van der Waals surface area contributed by atoms with E-state index in [0.29, 0.717) is 5.41 Å². The van der Waals surface area contributed by atoms with Crippen LogP contribution in [-0.4, -0.2) is 43.0 Å². The second kappa shape index (κ2) is 3.59. The van der Waals surface area contributed by atoms with Gasteiger partial charge in [0.25, 0.3) is 0 Å². The van der Waals surface area contributed by atoms with Gasteiger partial charge in [-0.3, -0.25) is 4.90 Å². The highest BCUT2D eigenvalue weighted by molar-refractivity contribution is 5.77. The lowest BCUT2D eigenvalue weighted by Gasteiger charge is -2.59. The van der Waals surface area contributed by atoms with Gasteiger partial charge in [0.05, 0.1) is 6.54 Å². The van der Waals surface area contributed by atoms with Crippen molar-refractivity contribution in [1.82, 2.24) is 9.80 Å². The molecule has 4 rings (SSSR count). The number of rotatable bonds is 2. The summed E-state index contributed by atoms with van der Waals surface area (Å²) in [6, 6.07) is 10.4. The van der Waals surface area contributed by atoms with Crippen LogP contribution in [0.15, 0.2) is 34.7 Å². The molecule has 0 atom stereocenters. The van der Waals surface area contributed by atoms with Gasteiger partial charge in [0, 0.05) is 37.0 Å². The molecule has 1 aromatic carbocycles. The van der Waals surface area contributed by atoms with Crippen molar-refractivity contribution in [2.24, 2.45) is 5.41 Å². The first-order chi connectivity index (χ1) is 8.72. The standard InChI is InChI=1S/C15H18N2O/c1-16-8-15(9-16)10-17(11-15)7-13-6-12-4-2-3-5-14(12)18-13/h2-6H,7-11H2,1H3. The number of hydrogen-bond acceptors (Lipinski definition) is 3. The molecule has 0 amide bonds. The Morgan fingerprint density at radius 2 is 1.94 bits per heavy atom. The van der Waals surface area contributed by atoms with Crippen molar-refractivity contribution in [3.8, 4) is 0 Å². The molecule has 18 heavy (non-hydrogen) atoms. The van der Waals surface area contributed by atoms with Gasteiger partial charge in [-0.05, 0) is 19.2 Å². The van der Waals surface area contributed by atoms with E-state index in [1.807, 2.05) is 12.1 Å². The van der Waals surface area contributed by atoms with Gasteiger partial charge in [-0.25, -0.2) is 0 Å². The summed E-state index contributed by atoms with van der Waals surface area (Å²) in [7, 11) is 2.20. The van der Waals surface area contributed by atoms with Crippen LogP contribution in [0.5, 0.6) is 0 Å². The second-order valence-corrected chi connectivity index (χ2v) is 6.07. The topological polar surface area (TPSA) is 19.6 Å². The van der Waals surface area contributed by atoms with Gasteiger partial charge in [-0.15, -0.1) is 0 Å². The molecule has 1 aromatic heterocycles. The van der Waals surface area contributed by atoms with Crippen LogP contribution in [0.1, 0.15) is 5.76 Å². The Balaban J connectivity index is 1.44. The summed E-state index contributed by atoms with van der Waals surface area (Å²) in [6.45, 7) is 5.95. The summed E-state index contributed by atoms with van der Waals surface area (Å²) in [5.41, 5.74) is 1.62. The van der Waals surface area contributed by atoms with E-state index in [-0.39, 0.29) is 0 Å². The third-order valence-corrected chi connectivity index (χ3v) is 4.18. The zero-order valence-corrected chi connectivity index (χ0v) is 10.7. The maximum atomic E-state index is 5.86. The van der Waals surface area contributed by atoms with E-state index in [1.165, 1.54) is 31.6 Å². The van der Waals surface area contributed by atoms with Gasteiger partial charge >= 0.3 is 0 Å². The number of para-hydroxylation sites is 1. The zero-order valence-electron chi connectivity index (χ0n) is 10.7. The molecule has 3 heteroatoms. The summed E-state index contributed by atoms with van der Waals surface area (Å²) in [5, 5.41) is 1.21. The molecule has 2 fully saturated rings. The van der Waals surface area contributed by atoms with E-state index in [0.717, 1.165) is 17.9 Å². The molecule has 2 aliphatic rings. The number of furan rings is 1. The molecular formula is C15H18N2O. The van der Waals surface area contributed by atoms with Crippen LogP contribution < -0.4 is 0 Å². The van der Waals surface area contributed by atoms with Crippen molar-refractivity contribution in [1.29, 1.82) is 0 Å². The molecule has 2 aliphatic heterocycles. The van der Waals surface area contributed by atoms with E-state index in [9.17, 15) is 0 Å². The van der Waals surface area contributed by atoms with Crippen molar-refractivity contribution in [2.75, 3.05) is 33.2 Å². The summed E-state index contributed by atoms with van der Waals surface area (Å²) in [6.07, 6.45) is 0. The van der Waals surface area contributed by atoms with Crippen LogP contribution in [0.25, 0.3) is 11.0 Å². The van der Waals surface area contributed by atoms with Gasteiger partial charge in [-0.2, -0.15) is 0 Å². The third-order valence-electron chi connectivity index (χ3n) is 4.18. The predicted octanol–water partition coefficient (Wildman–Crippen LogP) is 2.18. The van der Waals surface area contributed by atoms with Crippen LogP contribution in [0.3, 0.4) is 0 Å². The SMILES string of the molecule is CN1CC2(C1)CN(Cc1cc3ccccc3o1)C2. The van der Waals surface area contributed by atoms with E-state index in [2.05, 4.69) is 35.0 Å². The lowest BCUT2D eigenvalue weighted by molar-refractivity contribution is -0.109. The summed E-state index contributed by atoms with van der Waals surface area (Å²) < 4.78 is 5.86. The maximum Gasteiger partial charge on any atom is 0.134 e. The normalized spacial score (nSPS) is 23.2. The quantitative estimate of drug-likeness (QED) is 0.804. The largest absolute Gasteiger partial charge is 0.460 e. The highest BCUT2D eigenvalue weighted by atomic mass is 16.3. The number of benzene rings is 1. The molecule has 0 saturated carbocycles. The first kappa shape index (κ1) is 10.6. The molecule has 94 valence electrons. The van der Waals surface area contributed by atoms with Gasteiger partial charge in [0.15, 0.2) is 0 Å². The zero-order chi connectivity index (χ0) is 12.2. The molecule has 3 heterocycles. The Morgan fingerprint density at radius 3 is 2.67 bits per heavy atom. The van der Waals surface area contributed by atoms with Gasteiger partial charge < -0.3 is 9.32 Å². The average Bonchev–Trinajstić information content (AvgIpc) is 2.66. The Morgan fingerprint density at radius 1 is 1.17 bits per heavy atom. The minimum absolute atomic E-state index is 0.612. The third kappa shape index (κ3) is 1.58. The smallest absolute Gasteiger partial charge is 0.134 e. The fraction of sp³-hybridized carbons (Fsp3) is 0.467. The Labute approximate surface area is 107 Å². The lowest BCUT2D eigenvalue weighted by atomic mass is 9.73. The Hall–Kier alpha value is -1.32. The van der Waals surface area contributed by atoms with E-state index in [4.69, 9.17) is 4.42 Å². The van der Waals surface area contributed by atoms with E-state index < -0.39 is 0 Å². The van der Waals surface area contributed by atoms with Crippen molar-refractivity contribution in [3.63, 3.8) is 0 Å². The minimum atomic E-state index is 0.612. The predicted molar refractivity (Wildman–Crippen MR) is 71.4 cm³/mol. The first-order valence-electron chi connectivity index (χ1n) is 6.61. The van der Waals surface area contributed by atoms with Crippen molar-refractivity contribution in [2.45, 2.75) is 6.54 Å².